The molecule has 5 nitrogen and oxygen atoms in total. The summed E-state index contributed by atoms with van der Waals surface area (Å²) in [5.74, 6) is -0.216. The van der Waals surface area contributed by atoms with Crippen LogP contribution < -0.4 is 5.32 Å². The van der Waals surface area contributed by atoms with E-state index >= 15 is 0 Å². The molecule has 0 spiro atoms. The van der Waals surface area contributed by atoms with E-state index in [-0.39, 0.29) is 23.8 Å². The van der Waals surface area contributed by atoms with Crippen molar-refractivity contribution in [3.8, 4) is 0 Å². The minimum absolute atomic E-state index is 0.0230. The molecular formula is C14H24N2O3. The van der Waals surface area contributed by atoms with E-state index in [1.807, 2.05) is 6.92 Å². The maximum Gasteiger partial charge on any atom is 0.317 e. The number of rotatable bonds is 2. The minimum Gasteiger partial charge on any atom is -0.469 e. The lowest BCUT2D eigenvalue weighted by Gasteiger charge is -2.26. The fraction of sp³-hybridized carbons (Fsp3) is 0.857. The zero-order chi connectivity index (χ0) is 13.8. The molecule has 1 aliphatic heterocycles. The molecule has 2 amide bonds. The van der Waals surface area contributed by atoms with Gasteiger partial charge in [0.2, 0.25) is 0 Å². The lowest BCUT2D eigenvalue weighted by atomic mass is 9.96. The monoisotopic (exact) mass is 268 g/mol. The van der Waals surface area contributed by atoms with E-state index in [2.05, 4.69) is 5.32 Å². The topological polar surface area (TPSA) is 58.6 Å². The summed E-state index contributed by atoms with van der Waals surface area (Å²) in [6.45, 7) is 3.11. The van der Waals surface area contributed by atoms with Crippen LogP contribution >= 0.6 is 0 Å². The molecule has 2 aliphatic rings. The summed E-state index contributed by atoms with van der Waals surface area (Å²) in [4.78, 5) is 25.5. The Labute approximate surface area is 114 Å². The first kappa shape index (κ1) is 14.2. The molecule has 1 N–H and O–H groups in total. The van der Waals surface area contributed by atoms with Gasteiger partial charge >= 0.3 is 12.0 Å². The number of nitrogens with zero attached hydrogens (tertiary/aromatic N) is 1. The molecule has 1 saturated heterocycles. The third-order valence-electron chi connectivity index (χ3n) is 4.34. The van der Waals surface area contributed by atoms with Crippen LogP contribution in [0.5, 0.6) is 0 Å². The van der Waals surface area contributed by atoms with Crippen molar-refractivity contribution in [2.75, 3.05) is 20.2 Å². The highest BCUT2D eigenvalue weighted by molar-refractivity contribution is 5.78. The summed E-state index contributed by atoms with van der Waals surface area (Å²) in [7, 11) is 1.40. The quantitative estimate of drug-likeness (QED) is 0.776. The van der Waals surface area contributed by atoms with E-state index < -0.39 is 0 Å². The number of hydrogen-bond donors (Lipinski definition) is 1. The van der Waals surface area contributed by atoms with Gasteiger partial charge in [-0.3, -0.25) is 4.79 Å². The normalized spacial score (nSPS) is 28.2. The van der Waals surface area contributed by atoms with Crippen molar-refractivity contribution >= 4 is 12.0 Å². The van der Waals surface area contributed by atoms with Gasteiger partial charge in [0.25, 0.3) is 0 Å². The molecule has 5 heteroatoms. The zero-order valence-electron chi connectivity index (χ0n) is 11.9. The number of likely N-dealkylation sites (tertiary alicyclic amines) is 1. The van der Waals surface area contributed by atoms with Crippen LogP contribution in [0.1, 0.15) is 39.0 Å². The van der Waals surface area contributed by atoms with Crippen LogP contribution in [0.4, 0.5) is 4.79 Å². The molecule has 0 radical (unpaired) electrons. The molecule has 0 aromatic carbocycles. The van der Waals surface area contributed by atoms with Crippen LogP contribution in [0.15, 0.2) is 0 Å². The molecular weight excluding hydrogens is 244 g/mol. The smallest absolute Gasteiger partial charge is 0.317 e. The fourth-order valence-corrected chi connectivity index (χ4v) is 3.10. The molecule has 2 atom stereocenters. The largest absolute Gasteiger partial charge is 0.469 e. The van der Waals surface area contributed by atoms with Crippen LogP contribution in [0.2, 0.25) is 0 Å². The van der Waals surface area contributed by atoms with Gasteiger partial charge in [-0.25, -0.2) is 4.79 Å². The van der Waals surface area contributed by atoms with Crippen molar-refractivity contribution in [1.82, 2.24) is 10.2 Å². The van der Waals surface area contributed by atoms with Gasteiger partial charge in [-0.1, -0.05) is 26.2 Å². The molecule has 2 unspecified atom stereocenters. The predicted molar refractivity (Wildman–Crippen MR) is 71.6 cm³/mol. The summed E-state index contributed by atoms with van der Waals surface area (Å²) in [6.07, 6.45) is 5.83. The molecule has 0 bridgehead atoms. The third-order valence-corrected chi connectivity index (χ3v) is 4.34. The first-order valence-corrected chi connectivity index (χ1v) is 7.25. The molecule has 2 rings (SSSR count). The summed E-state index contributed by atoms with van der Waals surface area (Å²) in [6, 6.07) is 0.291. The Morgan fingerprint density at radius 3 is 2.47 bits per heavy atom. The first-order valence-electron chi connectivity index (χ1n) is 7.25. The van der Waals surface area contributed by atoms with Crippen LogP contribution in [-0.4, -0.2) is 43.1 Å². The Balaban J connectivity index is 1.85. The van der Waals surface area contributed by atoms with Crippen LogP contribution in [0, 0.1) is 11.8 Å². The Hall–Kier alpha value is -1.26. The predicted octanol–water partition coefficient (Wildman–Crippen LogP) is 1.77. The maximum atomic E-state index is 12.2. The van der Waals surface area contributed by atoms with Crippen LogP contribution in [-0.2, 0) is 9.53 Å². The number of esters is 1. The molecule has 19 heavy (non-hydrogen) atoms. The Bertz CT molecular complexity index is 340. The Kier molecular flexibility index (Phi) is 4.66. The Morgan fingerprint density at radius 2 is 1.84 bits per heavy atom. The first-order chi connectivity index (χ1) is 9.11. The molecule has 1 saturated carbocycles. The number of carbonyl (C=O) groups is 2. The zero-order valence-corrected chi connectivity index (χ0v) is 11.9. The number of carbonyl (C=O) groups excluding carboxylic acids is 2. The summed E-state index contributed by atoms with van der Waals surface area (Å²) >= 11 is 0. The van der Waals surface area contributed by atoms with E-state index in [1.165, 1.54) is 26.4 Å². The van der Waals surface area contributed by atoms with Gasteiger partial charge in [-0.2, -0.15) is 0 Å². The third kappa shape index (κ3) is 3.39. The maximum absolute atomic E-state index is 12.2. The van der Waals surface area contributed by atoms with E-state index in [4.69, 9.17) is 4.74 Å². The van der Waals surface area contributed by atoms with Crippen molar-refractivity contribution in [2.45, 2.75) is 45.1 Å². The molecule has 0 aromatic rings. The minimum atomic E-state index is -0.208. The standard InChI is InChI=1S/C14H24N2O3/c1-10-8-16(9-12(10)13(17)19-2)14(18)15-11-6-4-3-5-7-11/h10-12H,3-9H2,1-2H3,(H,15,18). The number of urea groups is 1. The van der Waals surface area contributed by atoms with E-state index in [0.29, 0.717) is 19.1 Å². The molecule has 1 heterocycles. The van der Waals surface area contributed by atoms with Crippen molar-refractivity contribution in [3.63, 3.8) is 0 Å². The van der Waals surface area contributed by atoms with Gasteiger partial charge in [0.15, 0.2) is 0 Å². The number of amides is 2. The lowest BCUT2D eigenvalue weighted by molar-refractivity contribution is -0.145. The summed E-state index contributed by atoms with van der Waals surface area (Å²) < 4.78 is 4.79. The van der Waals surface area contributed by atoms with Crippen molar-refractivity contribution in [3.05, 3.63) is 0 Å². The molecule has 0 aromatic heterocycles. The van der Waals surface area contributed by atoms with Gasteiger partial charge in [-0.05, 0) is 18.8 Å². The average Bonchev–Trinajstić information content (AvgIpc) is 2.81. The van der Waals surface area contributed by atoms with Gasteiger partial charge in [-0.15, -0.1) is 0 Å². The molecule has 108 valence electrons. The number of methoxy groups -OCH3 is 1. The van der Waals surface area contributed by atoms with E-state index in [9.17, 15) is 9.59 Å². The average molecular weight is 268 g/mol. The van der Waals surface area contributed by atoms with Crippen LogP contribution in [0.25, 0.3) is 0 Å². The number of ether oxygens (including phenoxy) is 1. The highest BCUT2D eigenvalue weighted by atomic mass is 16.5. The van der Waals surface area contributed by atoms with Crippen LogP contribution in [0.3, 0.4) is 0 Å². The fourth-order valence-electron chi connectivity index (χ4n) is 3.10. The van der Waals surface area contributed by atoms with E-state index in [1.54, 1.807) is 4.90 Å². The lowest BCUT2D eigenvalue weighted by Crippen LogP contribution is -2.44. The Morgan fingerprint density at radius 1 is 1.16 bits per heavy atom. The SMILES string of the molecule is COC(=O)C1CN(C(=O)NC2CCCCC2)CC1C. The van der Waals surface area contributed by atoms with Gasteiger partial charge in [0.1, 0.15) is 0 Å². The van der Waals surface area contributed by atoms with E-state index in [0.717, 1.165) is 12.8 Å². The molecule has 2 fully saturated rings. The number of hydrogen-bond acceptors (Lipinski definition) is 3. The summed E-state index contributed by atoms with van der Waals surface area (Å²) in [5, 5.41) is 3.09. The van der Waals surface area contributed by atoms with Crippen molar-refractivity contribution in [2.24, 2.45) is 11.8 Å². The number of nitrogens with one attached hydrogen (secondary N) is 1. The van der Waals surface area contributed by atoms with Gasteiger partial charge < -0.3 is 15.0 Å². The van der Waals surface area contributed by atoms with Gasteiger partial charge in [0.05, 0.1) is 13.0 Å². The second-order valence-electron chi connectivity index (χ2n) is 5.80. The van der Waals surface area contributed by atoms with Crippen molar-refractivity contribution in [1.29, 1.82) is 0 Å². The highest BCUT2D eigenvalue weighted by Crippen LogP contribution is 2.24. The van der Waals surface area contributed by atoms with Gasteiger partial charge in [0, 0.05) is 19.1 Å². The second-order valence-corrected chi connectivity index (χ2v) is 5.80. The summed E-state index contributed by atoms with van der Waals surface area (Å²) in [5.41, 5.74) is 0. The second kappa shape index (κ2) is 6.26. The highest BCUT2D eigenvalue weighted by Gasteiger charge is 2.38. The van der Waals surface area contributed by atoms with Crippen molar-refractivity contribution < 1.29 is 14.3 Å². The molecule has 1 aliphatic carbocycles.